The van der Waals surface area contributed by atoms with Crippen LogP contribution in [0.5, 0.6) is 0 Å². The monoisotopic (exact) mass is 369 g/mol. The van der Waals surface area contributed by atoms with Gasteiger partial charge >= 0.3 is 0 Å². The predicted molar refractivity (Wildman–Crippen MR) is 97.7 cm³/mol. The quantitative estimate of drug-likeness (QED) is 0.823. The van der Waals surface area contributed by atoms with Crippen molar-refractivity contribution >= 4 is 23.5 Å². The van der Waals surface area contributed by atoms with Crippen LogP contribution in [0, 0.1) is 5.82 Å². The Morgan fingerprint density at radius 3 is 2.37 bits per heavy atom. The molecule has 0 unspecified atom stereocenters. The molecule has 0 spiro atoms. The molecule has 2 fully saturated rings. The highest BCUT2D eigenvalue weighted by Gasteiger charge is 2.40. The smallest absolute Gasteiger partial charge is 0.251 e. The van der Waals surface area contributed by atoms with Crippen molar-refractivity contribution in [3.8, 4) is 0 Å². The Kier molecular flexibility index (Phi) is 4.81. The highest BCUT2D eigenvalue weighted by molar-refractivity contribution is 6.22. The fourth-order valence-electron chi connectivity index (χ4n) is 3.61. The van der Waals surface area contributed by atoms with Gasteiger partial charge in [0.25, 0.3) is 5.91 Å². The minimum Gasteiger partial charge on any atom is -0.341 e. The Labute approximate surface area is 156 Å². The second-order valence-corrected chi connectivity index (χ2v) is 6.78. The van der Waals surface area contributed by atoms with Crippen molar-refractivity contribution < 1.29 is 14.0 Å². The number of carbonyl (C=O) groups is 2. The van der Waals surface area contributed by atoms with Gasteiger partial charge < -0.3 is 10.2 Å². The molecule has 1 aromatic heterocycles. The number of hydrogen-bond acceptors (Lipinski definition) is 6. The lowest BCUT2D eigenvalue weighted by atomic mass is 10.0. The van der Waals surface area contributed by atoms with Crippen LogP contribution in [-0.4, -0.2) is 47.0 Å². The first kappa shape index (κ1) is 17.5. The molecule has 0 radical (unpaired) electrons. The fourth-order valence-corrected chi connectivity index (χ4v) is 3.61. The number of aromatic nitrogens is 2. The van der Waals surface area contributed by atoms with E-state index in [0.717, 1.165) is 30.8 Å². The van der Waals surface area contributed by atoms with Crippen molar-refractivity contribution in [1.29, 1.82) is 0 Å². The molecule has 0 bridgehead atoms. The number of hydrogen-bond donors (Lipinski definition) is 1. The average Bonchev–Trinajstić information content (AvgIpc) is 2.97. The maximum Gasteiger partial charge on any atom is 0.251 e. The Bertz CT molecular complexity index is 822. The van der Waals surface area contributed by atoms with Crippen molar-refractivity contribution in [1.82, 2.24) is 15.3 Å². The molecular formula is C19H20FN5O2. The van der Waals surface area contributed by atoms with Crippen molar-refractivity contribution in [2.75, 3.05) is 22.9 Å². The van der Waals surface area contributed by atoms with Crippen molar-refractivity contribution in [3.63, 3.8) is 0 Å². The number of nitrogens with zero attached hydrogens (tertiary/aromatic N) is 4. The van der Waals surface area contributed by atoms with Crippen LogP contribution in [0.25, 0.3) is 0 Å². The lowest BCUT2D eigenvalue weighted by Gasteiger charge is -2.33. The molecule has 2 amide bonds. The first-order chi connectivity index (χ1) is 13.1. The van der Waals surface area contributed by atoms with E-state index in [2.05, 4.69) is 20.2 Å². The van der Waals surface area contributed by atoms with Crippen LogP contribution in [0.3, 0.4) is 0 Å². The van der Waals surface area contributed by atoms with E-state index in [-0.39, 0.29) is 24.3 Å². The number of rotatable bonds is 4. The second kappa shape index (κ2) is 7.40. The summed E-state index contributed by atoms with van der Waals surface area (Å²) in [7, 11) is 0. The topological polar surface area (TPSA) is 78.4 Å². The molecule has 140 valence electrons. The van der Waals surface area contributed by atoms with E-state index < -0.39 is 11.9 Å². The zero-order valence-electron chi connectivity index (χ0n) is 14.7. The molecule has 3 heterocycles. The normalized spacial score (nSPS) is 21.1. The molecule has 1 aromatic carbocycles. The van der Waals surface area contributed by atoms with Gasteiger partial charge in [-0.25, -0.2) is 19.3 Å². The summed E-state index contributed by atoms with van der Waals surface area (Å²) in [6.45, 7) is 1.58. The maximum atomic E-state index is 13.1. The van der Waals surface area contributed by atoms with Gasteiger partial charge in [0.2, 0.25) is 11.9 Å². The number of benzene rings is 1. The van der Waals surface area contributed by atoms with Crippen LogP contribution >= 0.6 is 0 Å². The van der Waals surface area contributed by atoms with Gasteiger partial charge in [-0.2, -0.15) is 0 Å². The largest absolute Gasteiger partial charge is 0.341 e. The van der Waals surface area contributed by atoms with Gasteiger partial charge in [-0.3, -0.25) is 9.59 Å². The zero-order valence-corrected chi connectivity index (χ0v) is 14.7. The summed E-state index contributed by atoms with van der Waals surface area (Å²) >= 11 is 0. The molecule has 8 heteroatoms. The standard InChI is InChI=1S/C19H20FN5O2/c20-13-2-4-15(5-3-13)25-17(26)12-16(18(25)27)23-14-6-10-24(11-7-14)19-21-8-1-9-22-19/h1-5,8-9,14,16,23H,6-7,10-12H2/t16-/m1/s1. The summed E-state index contributed by atoms with van der Waals surface area (Å²) < 4.78 is 13.1. The van der Waals surface area contributed by atoms with Gasteiger partial charge in [0, 0.05) is 31.5 Å². The summed E-state index contributed by atoms with van der Waals surface area (Å²) in [5.74, 6) is -0.230. The van der Waals surface area contributed by atoms with E-state index in [1.54, 1.807) is 18.5 Å². The fraction of sp³-hybridized carbons (Fsp3) is 0.368. The van der Waals surface area contributed by atoms with E-state index in [1.807, 2.05) is 0 Å². The number of carbonyl (C=O) groups excluding carboxylic acids is 2. The van der Waals surface area contributed by atoms with Gasteiger partial charge in [0.15, 0.2) is 0 Å². The molecule has 0 aliphatic carbocycles. The SMILES string of the molecule is O=C1C[C@@H](NC2CCN(c3ncccn3)CC2)C(=O)N1c1ccc(F)cc1. The lowest BCUT2D eigenvalue weighted by Crippen LogP contribution is -2.49. The van der Waals surface area contributed by atoms with Crippen molar-refractivity contribution in [2.45, 2.75) is 31.3 Å². The van der Waals surface area contributed by atoms with Crippen LogP contribution < -0.4 is 15.1 Å². The second-order valence-electron chi connectivity index (χ2n) is 6.78. The Morgan fingerprint density at radius 2 is 1.70 bits per heavy atom. The minimum absolute atomic E-state index is 0.123. The van der Waals surface area contributed by atoms with Crippen LogP contribution in [0.15, 0.2) is 42.7 Å². The number of halogens is 1. The van der Waals surface area contributed by atoms with E-state index in [4.69, 9.17) is 0 Å². The molecule has 7 nitrogen and oxygen atoms in total. The summed E-state index contributed by atoms with van der Waals surface area (Å²) in [5.41, 5.74) is 0.409. The Hall–Kier alpha value is -2.87. The number of amides is 2. The molecular weight excluding hydrogens is 349 g/mol. The van der Waals surface area contributed by atoms with Gasteiger partial charge in [0.05, 0.1) is 18.2 Å². The van der Waals surface area contributed by atoms with Crippen molar-refractivity contribution in [2.24, 2.45) is 0 Å². The first-order valence-corrected chi connectivity index (χ1v) is 9.02. The molecule has 27 heavy (non-hydrogen) atoms. The lowest BCUT2D eigenvalue weighted by molar-refractivity contribution is -0.121. The van der Waals surface area contributed by atoms with Crippen LogP contribution in [-0.2, 0) is 9.59 Å². The zero-order chi connectivity index (χ0) is 18.8. The number of imide groups is 1. The van der Waals surface area contributed by atoms with E-state index >= 15 is 0 Å². The number of nitrogens with one attached hydrogen (secondary N) is 1. The average molecular weight is 369 g/mol. The molecule has 4 rings (SSSR count). The summed E-state index contributed by atoms with van der Waals surface area (Å²) in [6, 6.07) is 6.80. The molecule has 2 saturated heterocycles. The van der Waals surface area contributed by atoms with Gasteiger partial charge in [-0.05, 0) is 43.2 Å². The molecule has 2 aliphatic heterocycles. The molecule has 2 aromatic rings. The highest BCUT2D eigenvalue weighted by atomic mass is 19.1. The maximum absolute atomic E-state index is 13.1. The molecule has 1 atom stereocenters. The van der Waals surface area contributed by atoms with Crippen LogP contribution in [0.2, 0.25) is 0 Å². The highest BCUT2D eigenvalue weighted by Crippen LogP contribution is 2.24. The van der Waals surface area contributed by atoms with Gasteiger partial charge in [0.1, 0.15) is 5.82 Å². The summed E-state index contributed by atoms with van der Waals surface area (Å²) in [5, 5.41) is 3.33. The molecule has 1 N–H and O–H groups in total. The van der Waals surface area contributed by atoms with E-state index in [9.17, 15) is 14.0 Å². The molecule has 2 aliphatic rings. The third-order valence-corrected chi connectivity index (χ3v) is 5.00. The van der Waals surface area contributed by atoms with E-state index in [0.29, 0.717) is 11.6 Å². The Balaban J connectivity index is 1.36. The first-order valence-electron chi connectivity index (χ1n) is 9.02. The summed E-state index contributed by atoms with van der Waals surface area (Å²) in [6.07, 6.45) is 5.25. The van der Waals surface area contributed by atoms with Gasteiger partial charge in [-0.1, -0.05) is 0 Å². The van der Waals surface area contributed by atoms with Crippen molar-refractivity contribution in [3.05, 3.63) is 48.5 Å². The van der Waals surface area contributed by atoms with E-state index in [1.165, 1.54) is 24.3 Å². The third kappa shape index (κ3) is 3.66. The predicted octanol–water partition coefficient (Wildman–Crippen LogP) is 1.51. The summed E-state index contributed by atoms with van der Waals surface area (Å²) in [4.78, 5) is 36.8. The third-order valence-electron chi connectivity index (χ3n) is 5.00. The Morgan fingerprint density at radius 1 is 1.04 bits per heavy atom. The minimum atomic E-state index is -0.535. The van der Waals surface area contributed by atoms with Crippen LogP contribution in [0.4, 0.5) is 16.0 Å². The van der Waals surface area contributed by atoms with Crippen LogP contribution in [0.1, 0.15) is 19.3 Å². The number of anilines is 2. The number of piperidine rings is 1. The molecule has 0 saturated carbocycles. The van der Waals surface area contributed by atoms with Gasteiger partial charge in [-0.15, -0.1) is 0 Å².